The maximum Gasteiger partial charge on any atom is 0.243 e. The molecular formula is C16H18FNO4S2. The van der Waals surface area contributed by atoms with Crippen LogP contribution in [0.1, 0.15) is 17.4 Å². The van der Waals surface area contributed by atoms with Gasteiger partial charge in [-0.25, -0.2) is 12.8 Å². The molecule has 5 nitrogen and oxygen atoms in total. The SMILES string of the molecule is COc1ccc(S(=O)(=O)N2CCSC(c3ccco3)CC2)cc1F. The Balaban J connectivity index is 1.79. The molecule has 0 aliphatic carbocycles. The van der Waals surface area contributed by atoms with Crippen LogP contribution in [-0.2, 0) is 10.0 Å². The number of furan rings is 1. The normalized spacial score (nSPS) is 19.8. The van der Waals surface area contributed by atoms with Gasteiger partial charge in [0, 0.05) is 18.8 Å². The number of methoxy groups -OCH3 is 1. The van der Waals surface area contributed by atoms with Crippen molar-refractivity contribution in [2.24, 2.45) is 0 Å². The molecule has 1 aliphatic heterocycles. The minimum absolute atomic E-state index is 0.0262. The van der Waals surface area contributed by atoms with Gasteiger partial charge in [0.15, 0.2) is 11.6 Å². The number of hydrogen-bond acceptors (Lipinski definition) is 5. The van der Waals surface area contributed by atoms with Crippen molar-refractivity contribution in [3.63, 3.8) is 0 Å². The summed E-state index contributed by atoms with van der Waals surface area (Å²) in [5.74, 6) is 0.854. The maximum atomic E-state index is 13.9. The third-order valence-corrected chi connectivity index (χ3v) is 7.11. The minimum Gasteiger partial charge on any atom is -0.494 e. The molecule has 3 rings (SSSR count). The molecule has 0 saturated carbocycles. The summed E-state index contributed by atoms with van der Waals surface area (Å²) in [5, 5.41) is 0.132. The van der Waals surface area contributed by atoms with Crippen LogP contribution in [0.2, 0.25) is 0 Å². The van der Waals surface area contributed by atoms with E-state index in [1.807, 2.05) is 12.1 Å². The topological polar surface area (TPSA) is 59.8 Å². The molecule has 1 aromatic heterocycles. The first-order chi connectivity index (χ1) is 11.5. The molecular weight excluding hydrogens is 353 g/mol. The zero-order chi connectivity index (χ0) is 17.2. The second kappa shape index (κ2) is 7.16. The van der Waals surface area contributed by atoms with Gasteiger partial charge in [-0.05, 0) is 36.8 Å². The summed E-state index contributed by atoms with van der Waals surface area (Å²) in [7, 11) is -2.39. The molecule has 130 valence electrons. The van der Waals surface area contributed by atoms with Gasteiger partial charge in [0.25, 0.3) is 0 Å². The molecule has 1 unspecified atom stereocenters. The third kappa shape index (κ3) is 3.45. The number of thioether (sulfide) groups is 1. The highest BCUT2D eigenvalue weighted by Crippen LogP contribution is 2.36. The van der Waals surface area contributed by atoms with Gasteiger partial charge in [0.05, 0.1) is 23.5 Å². The number of halogens is 1. The molecule has 8 heteroatoms. The molecule has 2 aromatic rings. The van der Waals surface area contributed by atoms with E-state index in [9.17, 15) is 12.8 Å². The second-order valence-corrected chi connectivity index (χ2v) is 8.61. The van der Waals surface area contributed by atoms with Gasteiger partial charge in [-0.1, -0.05) is 0 Å². The van der Waals surface area contributed by atoms with Crippen LogP contribution in [0.3, 0.4) is 0 Å². The van der Waals surface area contributed by atoms with E-state index in [0.717, 1.165) is 11.8 Å². The van der Waals surface area contributed by atoms with E-state index in [2.05, 4.69) is 0 Å². The highest BCUT2D eigenvalue weighted by molar-refractivity contribution is 7.99. The van der Waals surface area contributed by atoms with Crippen molar-refractivity contribution >= 4 is 21.8 Å². The Morgan fingerprint density at radius 3 is 2.83 bits per heavy atom. The maximum absolute atomic E-state index is 13.9. The van der Waals surface area contributed by atoms with Crippen molar-refractivity contribution in [2.75, 3.05) is 26.0 Å². The first-order valence-electron chi connectivity index (χ1n) is 7.51. The van der Waals surface area contributed by atoms with Crippen molar-refractivity contribution in [2.45, 2.75) is 16.6 Å². The number of rotatable bonds is 4. The van der Waals surface area contributed by atoms with Crippen LogP contribution in [-0.4, -0.2) is 38.7 Å². The van der Waals surface area contributed by atoms with Crippen molar-refractivity contribution in [1.82, 2.24) is 4.31 Å². The smallest absolute Gasteiger partial charge is 0.243 e. The van der Waals surface area contributed by atoms with Crippen molar-refractivity contribution in [3.05, 3.63) is 48.2 Å². The zero-order valence-electron chi connectivity index (χ0n) is 13.1. The van der Waals surface area contributed by atoms with Gasteiger partial charge in [-0.2, -0.15) is 4.31 Å². The molecule has 2 heterocycles. The van der Waals surface area contributed by atoms with Gasteiger partial charge in [0.1, 0.15) is 5.76 Å². The molecule has 24 heavy (non-hydrogen) atoms. The molecule has 0 radical (unpaired) electrons. The fourth-order valence-electron chi connectivity index (χ4n) is 2.65. The van der Waals surface area contributed by atoms with Gasteiger partial charge in [0.2, 0.25) is 10.0 Å². The van der Waals surface area contributed by atoms with Gasteiger partial charge in [-0.3, -0.25) is 0 Å². The lowest BCUT2D eigenvalue weighted by molar-refractivity contribution is 0.384. The summed E-state index contributed by atoms with van der Waals surface area (Å²) in [5.41, 5.74) is 0. The highest BCUT2D eigenvalue weighted by Gasteiger charge is 2.29. The summed E-state index contributed by atoms with van der Waals surface area (Å²) in [6.45, 7) is 0.756. The summed E-state index contributed by atoms with van der Waals surface area (Å²) in [4.78, 5) is -0.0535. The lowest BCUT2D eigenvalue weighted by atomic mass is 10.2. The van der Waals surface area contributed by atoms with Gasteiger partial charge in [-0.15, -0.1) is 11.8 Å². The number of hydrogen-bond donors (Lipinski definition) is 0. The Labute approximate surface area is 144 Å². The molecule has 1 aliphatic rings. The summed E-state index contributed by atoms with van der Waals surface area (Å²) < 4.78 is 51.1. The Bertz CT molecular complexity index is 792. The van der Waals surface area contributed by atoms with Crippen molar-refractivity contribution < 1.29 is 22.0 Å². The van der Waals surface area contributed by atoms with Crippen LogP contribution in [0.15, 0.2) is 45.9 Å². The number of sulfonamides is 1. The average molecular weight is 371 g/mol. The minimum atomic E-state index is -3.73. The molecule has 1 aromatic carbocycles. The molecule has 0 spiro atoms. The fourth-order valence-corrected chi connectivity index (χ4v) is 5.41. The highest BCUT2D eigenvalue weighted by atomic mass is 32.2. The Hall–Kier alpha value is -1.51. The summed E-state index contributed by atoms with van der Waals surface area (Å²) >= 11 is 1.67. The predicted molar refractivity (Wildman–Crippen MR) is 90.2 cm³/mol. The second-order valence-electron chi connectivity index (χ2n) is 5.36. The van der Waals surface area contributed by atoms with E-state index in [4.69, 9.17) is 9.15 Å². The van der Waals surface area contributed by atoms with E-state index in [-0.39, 0.29) is 15.9 Å². The zero-order valence-corrected chi connectivity index (χ0v) is 14.8. The largest absolute Gasteiger partial charge is 0.494 e. The average Bonchev–Trinajstić information content (AvgIpc) is 2.98. The predicted octanol–water partition coefficient (Wildman–Crippen LogP) is 3.30. The number of benzene rings is 1. The lowest BCUT2D eigenvalue weighted by Gasteiger charge is -2.20. The van der Waals surface area contributed by atoms with Crippen LogP contribution in [0, 0.1) is 5.82 Å². The van der Waals surface area contributed by atoms with E-state index in [1.165, 1.54) is 23.5 Å². The van der Waals surface area contributed by atoms with Crippen molar-refractivity contribution in [1.29, 1.82) is 0 Å². The third-order valence-electron chi connectivity index (χ3n) is 3.92. The first-order valence-corrected chi connectivity index (χ1v) is 10.00. The first kappa shape index (κ1) is 17.3. The van der Waals surface area contributed by atoms with Gasteiger partial charge < -0.3 is 9.15 Å². The standard InChI is InChI=1S/C16H18FNO4S2/c1-21-14-5-4-12(11-13(14)17)24(19,20)18-7-6-16(23-10-8-18)15-3-2-9-22-15/h2-5,9,11,16H,6-8,10H2,1H3. The lowest BCUT2D eigenvalue weighted by Crippen LogP contribution is -2.33. The quantitative estimate of drug-likeness (QED) is 0.825. The Morgan fingerprint density at radius 1 is 1.33 bits per heavy atom. The number of ether oxygens (including phenoxy) is 1. The van der Waals surface area contributed by atoms with Crippen LogP contribution >= 0.6 is 11.8 Å². The number of nitrogens with zero attached hydrogens (tertiary/aromatic N) is 1. The molecule has 1 saturated heterocycles. The van der Waals surface area contributed by atoms with Crippen molar-refractivity contribution in [3.8, 4) is 5.75 Å². The van der Waals surface area contributed by atoms with E-state index in [0.29, 0.717) is 25.3 Å². The van der Waals surface area contributed by atoms with Gasteiger partial charge >= 0.3 is 0 Å². The fraction of sp³-hybridized carbons (Fsp3) is 0.375. The summed E-state index contributed by atoms with van der Waals surface area (Å²) in [6, 6.07) is 7.45. The van der Waals surface area contributed by atoms with Crippen LogP contribution in [0.5, 0.6) is 5.75 Å². The van der Waals surface area contributed by atoms with E-state index in [1.54, 1.807) is 18.0 Å². The monoisotopic (exact) mass is 371 g/mol. The van der Waals surface area contributed by atoms with E-state index < -0.39 is 15.8 Å². The summed E-state index contributed by atoms with van der Waals surface area (Å²) in [6.07, 6.45) is 2.27. The van der Waals surface area contributed by atoms with Crippen LogP contribution in [0.4, 0.5) is 4.39 Å². The van der Waals surface area contributed by atoms with Crippen LogP contribution < -0.4 is 4.74 Å². The molecule has 0 amide bonds. The molecule has 0 N–H and O–H groups in total. The van der Waals surface area contributed by atoms with Crippen LogP contribution in [0.25, 0.3) is 0 Å². The Morgan fingerprint density at radius 2 is 2.17 bits per heavy atom. The Kier molecular flexibility index (Phi) is 5.17. The molecule has 1 fully saturated rings. The van der Waals surface area contributed by atoms with E-state index >= 15 is 0 Å². The molecule has 0 bridgehead atoms. The molecule has 1 atom stereocenters.